The van der Waals surface area contributed by atoms with E-state index in [1.165, 1.54) is 5.57 Å². The first-order valence-corrected chi connectivity index (χ1v) is 7.79. The molecule has 1 aromatic rings. The molecule has 0 bridgehead atoms. The van der Waals surface area contributed by atoms with E-state index in [0.29, 0.717) is 5.56 Å². The highest BCUT2D eigenvalue weighted by molar-refractivity contribution is 5.50. The van der Waals surface area contributed by atoms with Crippen LogP contribution in [0.25, 0.3) is 0 Å². The third-order valence-corrected chi connectivity index (χ3v) is 4.49. The Balaban J connectivity index is 2.44. The van der Waals surface area contributed by atoms with Crippen molar-refractivity contribution in [3.63, 3.8) is 0 Å². The quantitative estimate of drug-likeness (QED) is 0.759. The number of aromatic hydroxyl groups is 2. The third kappa shape index (κ3) is 3.31. The van der Waals surface area contributed by atoms with Gasteiger partial charge in [-0.3, -0.25) is 0 Å². The van der Waals surface area contributed by atoms with E-state index in [2.05, 4.69) is 26.5 Å². The van der Waals surface area contributed by atoms with E-state index in [9.17, 15) is 10.2 Å². The van der Waals surface area contributed by atoms with Crippen LogP contribution >= 0.6 is 0 Å². The second-order valence-electron chi connectivity index (χ2n) is 6.35. The van der Waals surface area contributed by atoms with Gasteiger partial charge in [-0.2, -0.15) is 0 Å². The first-order valence-electron chi connectivity index (χ1n) is 7.79. The molecule has 0 spiro atoms. The van der Waals surface area contributed by atoms with Gasteiger partial charge in [-0.1, -0.05) is 37.1 Å². The summed E-state index contributed by atoms with van der Waals surface area (Å²) in [5.74, 6) is 0.847. The minimum absolute atomic E-state index is 0.114. The number of allylic oxidation sites excluding steroid dienone is 3. The van der Waals surface area contributed by atoms with Gasteiger partial charge in [-0.15, -0.1) is 0 Å². The van der Waals surface area contributed by atoms with Gasteiger partial charge in [0, 0.05) is 11.5 Å². The van der Waals surface area contributed by atoms with E-state index in [1.54, 1.807) is 0 Å². The number of phenolic OH excluding ortho intramolecular Hbond substituents is 2. The molecule has 2 nitrogen and oxygen atoms in total. The Hall–Kier alpha value is -1.70. The van der Waals surface area contributed by atoms with Gasteiger partial charge in [0.1, 0.15) is 11.5 Å². The number of benzene rings is 1. The molecule has 0 amide bonds. The molecular formula is C19H26O2. The zero-order valence-electron chi connectivity index (χ0n) is 13.3. The Morgan fingerprint density at radius 1 is 1.29 bits per heavy atom. The zero-order valence-corrected chi connectivity index (χ0v) is 13.3. The SMILES string of the molecule is C=C(C)C1CC=C(C)CC1c1c(O)cc(CCC)cc1O. The van der Waals surface area contributed by atoms with Crippen molar-refractivity contribution in [2.75, 3.05) is 0 Å². The molecule has 1 aliphatic carbocycles. The van der Waals surface area contributed by atoms with Crippen LogP contribution in [0, 0.1) is 5.92 Å². The fourth-order valence-corrected chi connectivity index (χ4v) is 3.41. The monoisotopic (exact) mass is 286 g/mol. The molecule has 1 aromatic carbocycles. The molecular weight excluding hydrogens is 260 g/mol. The predicted octanol–water partition coefficient (Wildman–Crippen LogP) is 5.07. The van der Waals surface area contributed by atoms with Crippen molar-refractivity contribution in [2.45, 2.75) is 52.4 Å². The minimum atomic E-state index is 0.114. The van der Waals surface area contributed by atoms with Crippen LogP contribution in [-0.4, -0.2) is 10.2 Å². The van der Waals surface area contributed by atoms with Crippen molar-refractivity contribution in [3.8, 4) is 11.5 Å². The average molecular weight is 286 g/mol. The highest BCUT2D eigenvalue weighted by Gasteiger charge is 2.30. The van der Waals surface area contributed by atoms with Crippen molar-refractivity contribution < 1.29 is 10.2 Å². The van der Waals surface area contributed by atoms with Crippen LogP contribution < -0.4 is 0 Å². The molecule has 21 heavy (non-hydrogen) atoms. The lowest BCUT2D eigenvalue weighted by molar-refractivity contribution is 0.391. The maximum absolute atomic E-state index is 10.4. The lowest BCUT2D eigenvalue weighted by Crippen LogP contribution is -2.18. The van der Waals surface area contributed by atoms with E-state index < -0.39 is 0 Å². The number of aryl methyl sites for hydroxylation is 1. The Labute approximate surface area is 127 Å². The first-order chi connectivity index (χ1) is 9.93. The van der Waals surface area contributed by atoms with E-state index in [-0.39, 0.29) is 23.3 Å². The Bertz CT molecular complexity index is 546. The second-order valence-corrected chi connectivity index (χ2v) is 6.35. The maximum atomic E-state index is 10.4. The highest BCUT2D eigenvalue weighted by atomic mass is 16.3. The standard InChI is InChI=1S/C19H26O2/c1-5-6-14-10-17(20)19(18(21)11-14)16-9-13(4)7-8-15(16)12(2)3/h7,10-11,15-16,20-21H,2,5-6,8-9H2,1,3-4H3. The number of hydrogen-bond donors (Lipinski definition) is 2. The average Bonchev–Trinajstić information content (AvgIpc) is 2.38. The van der Waals surface area contributed by atoms with Crippen molar-refractivity contribution in [1.29, 1.82) is 0 Å². The summed E-state index contributed by atoms with van der Waals surface area (Å²) in [4.78, 5) is 0. The number of rotatable bonds is 4. The van der Waals surface area contributed by atoms with Gasteiger partial charge in [0.2, 0.25) is 0 Å². The van der Waals surface area contributed by atoms with Gasteiger partial charge in [-0.25, -0.2) is 0 Å². The van der Waals surface area contributed by atoms with Gasteiger partial charge in [0.15, 0.2) is 0 Å². The molecule has 2 atom stereocenters. The van der Waals surface area contributed by atoms with E-state index in [0.717, 1.165) is 36.8 Å². The summed E-state index contributed by atoms with van der Waals surface area (Å²) in [5, 5.41) is 20.9. The predicted molar refractivity (Wildman–Crippen MR) is 87.8 cm³/mol. The van der Waals surface area contributed by atoms with E-state index in [1.807, 2.05) is 19.1 Å². The summed E-state index contributed by atoms with van der Waals surface area (Å²) < 4.78 is 0. The molecule has 0 heterocycles. The summed E-state index contributed by atoms with van der Waals surface area (Å²) in [5.41, 5.74) is 4.11. The molecule has 2 heteroatoms. The molecule has 0 fully saturated rings. The van der Waals surface area contributed by atoms with Crippen LogP contribution in [0.2, 0.25) is 0 Å². The second kappa shape index (κ2) is 6.38. The van der Waals surface area contributed by atoms with E-state index in [4.69, 9.17) is 0 Å². The topological polar surface area (TPSA) is 40.5 Å². The normalized spacial score (nSPS) is 22.0. The Kier molecular flexibility index (Phi) is 4.76. The van der Waals surface area contributed by atoms with Crippen LogP contribution in [0.1, 0.15) is 57.1 Å². The zero-order chi connectivity index (χ0) is 15.6. The summed E-state index contributed by atoms with van der Waals surface area (Å²) in [7, 11) is 0. The lowest BCUT2D eigenvalue weighted by atomic mass is 9.72. The van der Waals surface area contributed by atoms with Crippen LogP contribution in [0.5, 0.6) is 11.5 Å². The molecule has 0 aliphatic heterocycles. The molecule has 2 unspecified atom stereocenters. The van der Waals surface area contributed by atoms with Crippen molar-refractivity contribution in [2.24, 2.45) is 5.92 Å². The van der Waals surface area contributed by atoms with Gasteiger partial charge < -0.3 is 10.2 Å². The van der Waals surface area contributed by atoms with Crippen LogP contribution in [0.4, 0.5) is 0 Å². The first kappa shape index (κ1) is 15.7. The summed E-state index contributed by atoms with van der Waals surface area (Å²) >= 11 is 0. The summed E-state index contributed by atoms with van der Waals surface area (Å²) in [6.45, 7) is 10.3. The van der Waals surface area contributed by atoms with Crippen molar-refractivity contribution in [3.05, 3.63) is 47.1 Å². The van der Waals surface area contributed by atoms with Gasteiger partial charge in [-0.05, 0) is 56.7 Å². The van der Waals surface area contributed by atoms with Crippen LogP contribution in [0.15, 0.2) is 35.9 Å². The Morgan fingerprint density at radius 3 is 2.43 bits per heavy atom. The molecule has 1 aliphatic rings. The maximum Gasteiger partial charge on any atom is 0.123 e. The number of hydrogen-bond acceptors (Lipinski definition) is 2. The van der Waals surface area contributed by atoms with Crippen molar-refractivity contribution in [1.82, 2.24) is 0 Å². The largest absolute Gasteiger partial charge is 0.508 e. The van der Waals surface area contributed by atoms with Gasteiger partial charge in [0.05, 0.1) is 0 Å². The Morgan fingerprint density at radius 2 is 1.90 bits per heavy atom. The smallest absolute Gasteiger partial charge is 0.123 e. The van der Waals surface area contributed by atoms with Crippen molar-refractivity contribution >= 4 is 0 Å². The minimum Gasteiger partial charge on any atom is -0.508 e. The summed E-state index contributed by atoms with van der Waals surface area (Å²) in [6, 6.07) is 3.61. The van der Waals surface area contributed by atoms with Gasteiger partial charge >= 0.3 is 0 Å². The highest BCUT2D eigenvalue weighted by Crippen LogP contribution is 2.47. The fourth-order valence-electron chi connectivity index (χ4n) is 3.41. The molecule has 0 radical (unpaired) electrons. The molecule has 0 aromatic heterocycles. The van der Waals surface area contributed by atoms with Crippen LogP contribution in [0.3, 0.4) is 0 Å². The third-order valence-electron chi connectivity index (χ3n) is 4.49. The molecule has 2 N–H and O–H groups in total. The molecule has 2 rings (SSSR count). The van der Waals surface area contributed by atoms with Gasteiger partial charge in [0.25, 0.3) is 0 Å². The lowest BCUT2D eigenvalue weighted by Gasteiger charge is -2.32. The molecule has 0 saturated heterocycles. The molecule has 114 valence electrons. The fraction of sp³-hybridized carbons (Fsp3) is 0.474. The molecule has 0 saturated carbocycles. The van der Waals surface area contributed by atoms with Crippen LogP contribution in [-0.2, 0) is 6.42 Å². The summed E-state index contributed by atoms with van der Waals surface area (Å²) in [6.07, 6.45) is 5.91. The number of phenols is 2. The van der Waals surface area contributed by atoms with E-state index >= 15 is 0 Å².